The van der Waals surface area contributed by atoms with Crippen LogP contribution in [-0.4, -0.2) is 22.6 Å². The van der Waals surface area contributed by atoms with E-state index in [1.165, 1.54) is 0 Å². The van der Waals surface area contributed by atoms with Gasteiger partial charge in [0, 0.05) is 12.1 Å². The van der Waals surface area contributed by atoms with Gasteiger partial charge in [0.15, 0.2) is 0 Å². The number of nitrogens with one attached hydrogen (secondary N) is 1. The largest absolute Gasteiger partial charge is 0.497 e. The van der Waals surface area contributed by atoms with Crippen molar-refractivity contribution < 1.29 is 9.53 Å². The second kappa shape index (κ2) is 9.06. The summed E-state index contributed by atoms with van der Waals surface area (Å²) >= 11 is 0. The number of rotatable bonds is 6. The van der Waals surface area contributed by atoms with Crippen molar-refractivity contribution in [3.8, 4) is 5.75 Å². The first kappa shape index (κ1) is 21.3. The fraction of sp³-hybridized carbons (Fsp3) is 0.192. The maximum absolute atomic E-state index is 13.2. The molecule has 162 valence electrons. The second-order valence-electron chi connectivity index (χ2n) is 7.54. The molecule has 1 amide bonds. The molecular weight excluding hydrogens is 402 g/mol. The first-order valence-corrected chi connectivity index (χ1v) is 10.5. The number of carbonyl (C=O) groups is 1. The van der Waals surface area contributed by atoms with E-state index in [0.29, 0.717) is 23.3 Å². The molecule has 0 fully saturated rings. The Kier molecular flexibility index (Phi) is 6.03. The van der Waals surface area contributed by atoms with Crippen LogP contribution in [0.3, 0.4) is 0 Å². The fourth-order valence-electron chi connectivity index (χ4n) is 3.85. The number of methoxy groups -OCH3 is 1. The number of nitrogens with zero attached hydrogens (tertiary/aromatic N) is 2. The van der Waals surface area contributed by atoms with Crippen molar-refractivity contribution in [1.29, 1.82) is 0 Å². The van der Waals surface area contributed by atoms with Crippen LogP contribution in [0.2, 0.25) is 0 Å². The summed E-state index contributed by atoms with van der Waals surface area (Å²) in [4.78, 5) is 30.0. The Morgan fingerprint density at radius 2 is 1.72 bits per heavy atom. The lowest BCUT2D eigenvalue weighted by Gasteiger charge is -2.20. The van der Waals surface area contributed by atoms with Crippen LogP contribution < -0.4 is 15.6 Å². The Morgan fingerprint density at radius 3 is 2.38 bits per heavy atom. The second-order valence-corrected chi connectivity index (χ2v) is 7.54. The molecule has 1 N–H and O–H groups in total. The monoisotopic (exact) mass is 427 g/mol. The molecule has 6 nitrogen and oxygen atoms in total. The topological polar surface area (TPSA) is 73.2 Å². The first-order chi connectivity index (χ1) is 15.5. The number of ether oxygens (including phenoxy) is 1. The molecule has 0 aliphatic carbocycles. The van der Waals surface area contributed by atoms with Gasteiger partial charge in [0.25, 0.3) is 11.5 Å². The maximum Gasteiger partial charge on any atom is 0.272 e. The highest BCUT2D eigenvalue weighted by molar-refractivity contribution is 5.97. The lowest BCUT2D eigenvalue weighted by atomic mass is 9.98. The van der Waals surface area contributed by atoms with Gasteiger partial charge in [-0.1, -0.05) is 42.5 Å². The van der Waals surface area contributed by atoms with Gasteiger partial charge in [0.2, 0.25) is 0 Å². The summed E-state index contributed by atoms with van der Waals surface area (Å²) in [7, 11) is 1.62. The number of aryl methyl sites for hydroxylation is 2. The Balaban J connectivity index is 1.71. The van der Waals surface area contributed by atoms with Crippen LogP contribution in [-0.2, 0) is 6.54 Å². The van der Waals surface area contributed by atoms with E-state index in [1.807, 2.05) is 61.5 Å². The average Bonchev–Trinajstić information content (AvgIpc) is 2.83. The van der Waals surface area contributed by atoms with Gasteiger partial charge in [-0.3, -0.25) is 9.59 Å². The minimum absolute atomic E-state index is 0.110. The van der Waals surface area contributed by atoms with Gasteiger partial charge < -0.3 is 14.6 Å². The summed E-state index contributed by atoms with van der Waals surface area (Å²) in [5.74, 6) is 0.537. The van der Waals surface area contributed by atoms with Crippen LogP contribution in [0.5, 0.6) is 5.75 Å². The predicted molar refractivity (Wildman–Crippen MR) is 125 cm³/mol. The number of hydrogen-bond donors (Lipinski definition) is 1. The van der Waals surface area contributed by atoms with E-state index in [0.717, 1.165) is 22.4 Å². The molecule has 6 heteroatoms. The van der Waals surface area contributed by atoms with Crippen molar-refractivity contribution in [2.75, 3.05) is 7.11 Å². The van der Waals surface area contributed by atoms with Gasteiger partial charge >= 0.3 is 0 Å². The van der Waals surface area contributed by atoms with Gasteiger partial charge in [0.05, 0.1) is 24.2 Å². The molecule has 1 unspecified atom stereocenters. The predicted octanol–water partition coefficient (Wildman–Crippen LogP) is 4.25. The molecule has 0 radical (unpaired) electrons. The minimum atomic E-state index is -0.329. The minimum Gasteiger partial charge on any atom is -0.497 e. The van der Waals surface area contributed by atoms with Crippen LogP contribution in [0.25, 0.3) is 11.0 Å². The molecule has 32 heavy (non-hydrogen) atoms. The summed E-state index contributed by atoms with van der Waals surface area (Å²) in [5, 5.41) is 3.15. The van der Waals surface area contributed by atoms with Crippen molar-refractivity contribution in [3.63, 3.8) is 0 Å². The van der Waals surface area contributed by atoms with Gasteiger partial charge in [-0.25, -0.2) is 4.98 Å². The van der Waals surface area contributed by atoms with Crippen molar-refractivity contribution >= 4 is 16.9 Å². The molecule has 0 aliphatic heterocycles. The van der Waals surface area contributed by atoms with E-state index in [4.69, 9.17) is 4.74 Å². The van der Waals surface area contributed by atoms with Crippen LogP contribution in [0.4, 0.5) is 0 Å². The summed E-state index contributed by atoms with van der Waals surface area (Å²) in [6.07, 6.45) is 0. The smallest absolute Gasteiger partial charge is 0.272 e. The standard InChI is InChI=1S/C26H25N3O3/c1-4-29-23-15-12-20(16-22(23)27-17(2)26(29)31)25(30)28-24(18-8-6-5-7-9-18)19-10-13-21(32-3)14-11-19/h5-16,24H,4H2,1-3H3,(H,28,30). The number of aromatic nitrogens is 2. The highest BCUT2D eigenvalue weighted by atomic mass is 16.5. The lowest BCUT2D eigenvalue weighted by molar-refractivity contribution is 0.0943. The average molecular weight is 428 g/mol. The molecule has 1 atom stereocenters. The van der Waals surface area contributed by atoms with E-state index in [9.17, 15) is 9.59 Å². The summed E-state index contributed by atoms with van der Waals surface area (Å²) in [5.41, 5.74) is 4.05. The summed E-state index contributed by atoms with van der Waals surface area (Å²) < 4.78 is 6.93. The van der Waals surface area contributed by atoms with Crippen molar-refractivity contribution in [2.24, 2.45) is 0 Å². The first-order valence-electron chi connectivity index (χ1n) is 10.5. The highest BCUT2D eigenvalue weighted by Crippen LogP contribution is 2.25. The fourth-order valence-corrected chi connectivity index (χ4v) is 3.85. The lowest BCUT2D eigenvalue weighted by Crippen LogP contribution is -2.29. The molecule has 0 spiro atoms. The van der Waals surface area contributed by atoms with E-state index >= 15 is 0 Å². The van der Waals surface area contributed by atoms with Gasteiger partial charge in [-0.2, -0.15) is 0 Å². The SMILES string of the molecule is CCn1c(=O)c(C)nc2cc(C(=O)NC(c3ccccc3)c3ccc(OC)cc3)ccc21. The number of amides is 1. The third kappa shape index (κ3) is 4.12. The van der Waals surface area contributed by atoms with E-state index in [1.54, 1.807) is 36.8 Å². The quantitative estimate of drug-likeness (QED) is 0.499. The molecule has 0 aliphatic rings. The third-order valence-corrected chi connectivity index (χ3v) is 5.54. The van der Waals surface area contributed by atoms with Gasteiger partial charge in [-0.05, 0) is 55.3 Å². The summed E-state index contributed by atoms with van der Waals surface area (Å²) in [6.45, 7) is 4.15. The number of carbonyl (C=O) groups excluding carboxylic acids is 1. The third-order valence-electron chi connectivity index (χ3n) is 5.54. The van der Waals surface area contributed by atoms with Crippen molar-refractivity contribution in [3.05, 3.63) is 106 Å². The molecule has 3 aromatic carbocycles. The highest BCUT2D eigenvalue weighted by Gasteiger charge is 2.19. The molecular formula is C26H25N3O3. The Bertz CT molecular complexity index is 1310. The van der Waals surface area contributed by atoms with E-state index < -0.39 is 0 Å². The molecule has 1 heterocycles. The molecule has 1 aromatic heterocycles. The van der Waals surface area contributed by atoms with Crippen molar-refractivity contribution in [2.45, 2.75) is 26.4 Å². The summed E-state index contributed by atoms with van der Waals surface area (Å²) in [6, 6.07) is 22.4. The zero-order valence-corrected chi connectivity index (χ0v) is 18.3. The zero-order valence-electron chi connectivity index (χ0n) is 18.3. The van der Waals surface area contributed by atoms with Gasteiger partial charge in [0.1, 0.15) is 11.4 Å². The van der Waals surface area contributed by atoms with Crippen LogP contribution in [0.15, 0.2) is 77.6 Å². The van der Waals surface area contributed by atoms with E-state index in [2.05, 4.69) is 10.3 Å². The molecule has 4 aromatic rings. The zero-order chi connectivity index (χ0) is 22.7. The molecule has 0 saturated heterocycles. The molecule has 0 bridgehead atoms. The Labute approximate surface area is 186 Å². The Hall–Kier alpha value is -3.93. The van der Waals surface area contributed by atoms with Crippen molar-refractivity contribution in [1.82, 2.24) is 14.9 Å². The van der Waals surface area contributed by atoms with Crippen LogP contribution in [0, 0.1) is 6.92 Å². The molecule has 4 rings (SSSR count). The van der Waals surface area contributed by atoms with Gasteiger partial charge in [-0.15, -0.1) is 0 Å². The number of benzene rings is 3. The normalized spacial score (nSPS) is 11.8. The van der Waals surface area contributed by atoms with Crippen LogP contribution in [0.1, 0.15) is 40.1 Å². The van der Waals surface area contributed by atoms with Crippen LogP contribution >= 0.6 is 0 Å². The molecule has 0 saturated carbocycles. The maximum atomic E-state index is 13.2. The Morgan fingerprint density at radius 1 is 1.03 bits per heavy atom. The number of hydrogen-bond acceptors (Lipinski definition) is 4. The van der Waals surface area contributed by atoms with E-state index in [-0.39, 0.29) is 17.5 Å². The number of fused-ring (bicyclic) bond motifs is 1.